The van der Waals surface area contributed by atoms with Crippen LogP contribution in [0.4, 0.5) is 11.4 Å². The van der Waals surface area contributed by atoms with Crippen molar-refractivity contribution in [1.29, 1.82) is 0 Å². The Kier molecular flexibility index (Phi) is 3.38. The number of aromatic amines is 1. The Morgan fingerprint density at radius 2 is 2.28 bits per heavy atom. The summed E-state index contributed by atoms with van der Waals surface area (Å²) in [7, 11) is 0. The van der Waals surface area contributed by atoms with Crippen molar-refractivity contribution in [2.45, 2.75) is 0 Å². The third kappa shape index (κ3) is 2.54. The van der Waals surface area contributed by atoms with E-state index < -0.39 is 4.92 Å². The molecule has 1 aromatic carbocycles. The first-order valence-electron chi connectivity index (χ1n) is 4.82. The maximum Gasteiger partial charge on any atom is 0.270 e. The van der Waals surface area contributed by atoms with Crippen molar-refractivity contribution in [2.75, 3.05) is 5.32 Å². The SMILES string of the molecule is O=C(Nc1ccc([N+](=O)[O-])cc1Br)c1cn[nH]c1. The first-order chi connectivity index (χ1) is 8.58. The normalized spacial score (nSPS) is 10.1. The van der Waals surface area contributed by atoms with Gasteiger partial charge in [0, 0.05) is 22.8 Å². The van der Waals surface area contributed by atoms with Crippen LogP contribution in [0.1, 0.15) is 10.4 Å². The highest BCUT2D eigenvalue weighted by atomic mass is 79.9. The molecule has 1 amide bonds. The Morgan fingerprint density at radius 1 is 1.50 bits per heavy atom. The van der Waals surface area contributed by atoms with Crippen molar-refractivity contribution in [3.05, 3.63) is 50.7 Å². The number of non-ortho nitro benzene ring substituents is 1. The second-order valence-corrected chi connectivity index (χ2v) is 4.22. The van der Waals surface area contributed by atoms with Crippen LogP contribution in [-0.2, 0) is 0 Å². The van der Waals surface area contributed by atoms with E-state index >= 15 is 0 Å². The van der Waals surface area contributed by atoms with Gasteiger partial charge in [-0.3, -0.25) is 20.0 Å². The summed E-state index contributed by atoms with van der Waals surface area (Å²) in [4.78, 5) is 21.8. The lowest BCUT2D eigenvalue weighted by Gasteiger charge is -2.05. The molecular weight excluding hydrogens is 304 g/mol. The Labute approximate surface area is 109 Å². The van der Waals surface area contributed by atoms with Crippen molar-refractivity contribution in [2.24, 2.45) is 0 Å². The van der Waals surface area contributed by atoms with Gasteiger partial charge in [0.05, 0.1) is 22.4 Å². The number of nitrogens with one attached hydrogen (secondary N) is 2. The summed E-state index contributed by atoms with van der Waals surface area (Å²) in [5, 5.41) is 19.3. The highest BCUT2D eigenvalue weighted by molar-refractivity contribution is 9.10. The molecule has 0 bridgehead atoms. The number of aromatic nitrogens is 2. The van der Waals surface area contributed by atoms with Gasteiger partial charge in [0.25, 0.3) is 11.6 Å². The molecule has 0 fully saturated rings. The van der Waals surface area contributed by atoms with E-state index in [0.29, 0.717) is 15.7 Å². The zero-order valence-corrected chi connectivity index (χ0v) is 10.5. The molecule has 8 heteroatoms. The van der Waals surface area contributed by atoms with Gasteiger partial charge in [-0.1, -0.05) is 0 Å². The van der Waals surface area contributed by atoms with Gasteiger partial charge in [-0.25, -0.2) is 0 Å². The summed E-state index contributed by atoms with van der Waals surface area (Å²) in [5.74, 6) is -0.349. The fourth-order valence-electron chi connectivity index (χ4n) is 1.29. The van der Waals surface area contributed by atoms with Crippen molar-refractivity contribution in [3.63, 3.8) is 0 Å². The zero-order chi connectivity index (χ0) is 13.1. The van der Waals surface area contributed by atoms with E-state index in [1.807, 2.05) is 0 Å². The number of nitro groups is 1. The van der Waals surface area contributed by atoms with Crippen molar-refractivity contribution in [1.82, 2.24) is 10.2 Å². The molecule has 0 aliphatic heterocycles. The van der Waals surface area contributed by atoms with Crippen LogP contribution in [0.3, 0.4) is 0 Å². The summed E-state index contributed by atoms with van der Waals surface area (Å²) in [5.41, 5.74) is 0.773. The monoisotopic (exact) mass is 310 g/mol. The Balaban J connectivity index is 2.20. The molecule has 2 rings (SSSR count). The van der Waals surface area contributed by atoms with Crippen molar-refractivity contribution in [3.8, 4) is 0 Å². The average Bonchev–Trinajstić information content (AvgIpc) is 2.85. The van der Waals surface area contributed by atoms with E-state index in [1.165, 1.54) is 30.6 Å². The molecule has 2 N–H and O–H groups in total. The van der Waals surface area contributed by atoms with Gasteiger partial charge >= 0.3 is 0 Å². The van der Waals surface area contributed by atoms with Crippen LogP contribution in [0.15, 0.2) is 35.1 Å². The molecule has 7 nitrogen and oxygen atoms in total. The van der Waals surface area contributed by atoms with Gasteiger partial charge in [-0.05, 0) is 22.0 Å². The van der Waals surface area contributed by atoms with Gasteiger partial charge in [0.2, 0.25) is 0 Å². The van der Waals surface area contributed by atoms with Gasteiger partial charge in [-0.15, -0.1) is 0 Å². The molecule has 2 aromatic rings. The topological polar surface area (TPSA) is 101 Å². The van der Waals surface area contributed by atoms with E-state index in [1.54, 1.807) is 0 Å². The standard InChI is InChI=1S/C10H7BrN4O3/c11-8-3-7(15(17)18)1-2-9(8)14-10(16)6-4-12-13-5-6/h1-5H,(H,12,13)(H,14,16). The molecule has 1 heterocycles. The number of hydrogen-bond donors (Lipinski definition) is 2. The van der Waals surface area contributed by atoms with Crippen LogP contribution in [0.2, 0.25) is 0 Å². The fourth-order valence-corrected chi connectivity index (χ4v) is 1.75. The van der Waals surface area contributed by atoms with Crippen LogP contribution in [0.25, 0.3) is 0 Å². The van der Waals surface area contributed by atoms with E-state index in [4.69, 9.17) is 0 Å². The third-order valence-corrected chi connectivity index (χ3v) is 2.83. The van der Waals surface area contributed by atoms with E-state index in [2.05, 4.69) is 31.4 Å². The summed E-state index contributed by atoms with van der Waals surface area (Å²) >= 11 is 3.16. The van der Waals surface area contributed by atoms with E-state index in [-0.39, 0.29) is 11.6 Å². The first kappa shape index (κ1) is 12.2. The average molecular weight is 311 g/mol. The number of H-pyrrole nitrogens is 1. The number of hydrogen-bond acceptors (Lipinski definition) is 4. The highest BCUT2D eigenvalue weighted by Crippen LogP contribution is 2.27. The molecule has 1 aromatic heterocycles. The van der Waals surface area contributed by atoms with Crippen LogP contribution in [-0.4, -0.2) is 21.0 Å². The minimum atomic E-state index is -0.508. The molecule has 0 aliphatic rings. The third-order valence-electron chi connectivity index (χ3n) is 2.17. The van der Waals surface area contributed by atoms with E-state index in [0.717, 1.165) is 0 Å². The lowest BCUT2D eigenvalue weighted by atomic mass is 10.2. The van der Waals surface area contributed by atoms with Crippen LogP contribution < -0.4 is 5.32 Å². The molecule has 0 radical (unpaired) electrons. The Morgan fingerprint density at radius 3 is 2.83 bits per heavy atom. The molecular formula is C10H7BrN4O3. The maximum absolute atomic E-state index is 11.7. The predicted octanol–water partition coefficient (Wildman–Crippen LogP) is 2.33. The van der Waals surface area contributed by atoms with Gasteiger partial charge in [0.1, 0.15) is 0 Å². The van der Waals surface area contributed by atoms with Crippen LogP contribution >= 0.6 is 15.9 Å². The maximum atomic E-state index is 11.7. The molecule has 0 saturated carbocycles. The zero-order valence-electron chi connectivity index (χ0n) is 8.88. The number of anilines is 1. The van der Waals surface area contributed by atoms with Gasteiger partial charge < -0.3 is 5.32 Å². The number of benzene rings is 1. The lowest BCUT2D eigenvalue weighted by Crippen LogP contribution is -2.11. The summed E-state index contributed by atoms with van der Waals surface area (Å²) in [6, 6.07) is 4.10. The van der Waals surface area contributed by atoms with Crippen LogP contribution in [0, 0.1) is 10.1 Å². The number of carbonyl (C=O) groups excluding carboxylic acids is 1. The molecule has 0 saturated heterocycles. The molecule has 18 heavy (non-hydrogen) atoms. The van der Waals surface area contributed by atoms with Gasteiger partial charge in [0.15, 0.2) is 0 Å². The predicted molar refractivity (Wildman–Crippen MR) is 67.3 cm³/mol. The molecule has 0 unspecified atom stereocenters. The second kappa shape index (κ2) is 4.96. The smallest absolute Gasteiger partial charge is 0.270 e. The number of rotatable bonds is 3. The number of carbonyl (C=O) groups is 1. The number of halogens is 1. The fraction of sp³-hybridized carbons (Fsp3) is 0. The molecule has 0 aliphatic carbocycles. The summed E-state index contributed by atoms with van der Waals surface area (Å²) in [6.07, 6.45) is 2.84. The highest BCUT2D eigenvalue weighted by Gasteiger charge is 2.12. The Hall–Kier alpha value is -2.22. The number of nitrogens with zero attached hydrogens (tertiary/aromatic N) is 2. The number of amides is 1. The minimum Gasteiger partial charge on any atom is -0.321 e. The van der Waals surface area contributed by atoms with Crippen LogP contribution in [0.5, 0.6) is 0 Å². The molecule has 92 valence electrons. The molecule has 0 atom stereocenters. The van der Waals surface area contributed by atoms with Crippen molar-refractivity contribution < 1.29 is 9.72 Å². The quantitative estimate of drug-likeness (QED) is 0.671. The number of nitro benzene ring substituents is 1. The second-order valence-electron chi connectivity index (χ2n) is 3.36. The van der Waals surface area contributed by atoms with E-state index in [9.17, 15) is 14.9 Å². The summed E-state index contributed by atoms with van der Waals surface area (Å²) in [6.45, 7) is 0. The Bertz CT molecular complexity index is 597. The lowest BCUT2D eigenvalue weighted by molar-refractivity contribution is -0.384. The van der Waals surface area contributed by atoms with Crippen molar-refractivity contribution >= 4 is 33.2 Å². The van der Waals surface area contributed by atoms with Gasteiger partial charge in [-0.2, -0.15) is 5.10 Å². The minimum absolute atomic E-state index is 0.0526. The first-order valence-corrected chi connectivity index (χ1v) is 5.61. The largest absolute Gasteiger partial charge is 0.321 e. The summed E-state index contributed by atoms with van der Waals surface area (Å²) < 4.78 is 0.438. The molecule has 0 spiro atoms.